The monoisotopic (exact) mass is 389 g/mol. The molecule has 27 heavy (non-hydrogen) atoms. The van der Waals surface area contributed by atoms with Gasteiger partial charge in [-0.25, -0.2) is 13.1 Å². The molecule has 0 amide bonds. The number of hydrogen-bond acceptors (Lipinski definition) is 7. The van der Waals surface area contributed by atoms with Crippen LogP contribution in [0, 0.1) is 6.92 Å². The van der Waals surface area contributed by atoms with Gasteiger partial charge < -0.3 is 14.0 Å². The van der Waals surface area contributed by atoms with Crippen molar-refractivity contribution in [1.82, 2.24) is 14.9 Å². The number of ether oxygens (including phenoxy) is 2. The van der Waals surface area contributed by atoms with Crippen molar-refractivity contribution < 1.29 is 22.4 Å². The van der Waals surface area contributed by atoms with Crippen LogP contribution in [0.2, 0.25) is 0 Å². The minimum Gasteiger partial charge on any atom is -0.497 e. The second-order valence-corrected chi connectivity index (χ2v) is 7.44. The number of nitrogens with zero attached hydrogens (tertiary/aromatic N) is 2. The molecule has 1 heterocycles. The number of methoxy groups -OCH3 is 2. The Morgan fingerprint density at radius 1 is 1.07 bits per heavy atom. The summed E-state index contributed by atoms with van der Waals surface area (Å²) in [6, 6.07) is 11.9. The van der Waals surface area contributed by atoms with Crippen molar-refractivity contribution in [3.8, 4) is 22.9 Å². The van der Waals surface area contributed by atoms with Crippen molar-refractivity contribution in [2.24, 2.45) is 0 Å². The highest BCUT2D eigenvalue weighted by molar-refractivity contribution is 7.89. The molecule has 8 nitrogen and oxygen atoms in total. The third-order valence-corrected chi connectivity index (χ3v) is 5.44. The number of sulfonamides is 1. The fraction of sp³-hybridized carbons (Fsp3) is 0.222. The molecule has 0 aliphatic carbocycles. The average molecular weight is 389 g/mol. The van der Waals surface area contributed by atoms with E-state index < -0.39 is 10.0 Å². The van der Waals surface area contributed by atoms with Crippen LogP contribution in [-0.4, -0.2) is 32.8 Å². The molecule has 0 spiro atoms. The third kappa shape index (κ3) is 4.26. The molecule has 0 radical (unpaired) electrons. The first-order valence-electron chi connectivity index (χ1n) is 8.04. The summed E-state index contributed by atoms with van der Waals surface area (Å²) in [4.78, 5) is 4.38. The molecule has 0 saturated heterocycles. The zero-order chi connectivity index (χ0) is 19.4. The summed E-state index contributed by atoms with van der Waals surface area (Å²) < 4.78 is 42.9. The van der Waals surface area contributed by atoms with Crippen LogP contribution in [0.1, 0.15) is 11.5 Å². The molecular weight excluding hydrogens is 370 g/mol. The van der Waals surface area contributed by atoms with Gasteiger partial charge in [0.1, 0.15) is 11.5 Å². The predicted molar refractivity (Wildman–Crippen MR) is 98.0 cm³/mol. The van der Waals surface area contributed by atoms with Crippen molar-refractivity contribution in [3.63, 3.8) is 0 Å². The van der Waals surface area contributed by atoms with Gasteiger partial charge in [0.15, 0.2) is 0 Å². The Morgan fingerprint density at radius 3 is 2.52 bits per heavy atom. The standard InChI is InChI=1S/C18H19N3O5S/c1-12-9-15(25-3)7-8-16(12)27(22,23)19-11-17-20-18(21-26-17)13-5-4-6-14(10-13)24-2/h4-10,19H,11H2,1-3H3. The minimum atomic E-state index is -3.73. The SMILES string of the molecule is COc1cccc(-c2noc(CNS(=O)(=O)c3ccc(OC)cc3C)n2)c1. The largest absolute Gasteiger partial charge is 0.497 e. The van der Waals surface area contributed by atoms with Gasteiger partial charge in [-0.05, 0) is 42.8 Å². The van der Waals surface area contributed by atoms with Crippen molar-refractivity contribution in [1.29, 1.82) is 0 Å². The Balaban J connectivity index is 1.74. The van der Waals surface area contributed by atoms with Gasteiger partial charge in [-0.2, -0.15) is 4.98 Å². The van der Waals surface area contributed by atoms with Crippen LogP contribution in [0.5, 0.6) is 11.5 Å². The third-order valence-electron chi connectivity index (χ3n) is 3.88. The summed E-state index contributed by atoms with van der Waals surface area (Å²) in [6.07, 6.45) is 0. The van der Waals surface area contributed by atoms with E-state index in [0.29, 0.717) is 28.5 Å². The van der Waals surface area contributed by atoms with Gasteiger partial charge >= 0.3 is 0 Å². The van der Waals surface area contributed by atoms with E-state index in [2.05, 4.69) is 14.9 Å². The van der Waals surface area contributed by atoms with E-state index in [1.807, 2.05) is 6.07 Å². The van der Waals surface area contributed by atoms with Gasteiger partial charge in [-0.15, -0.1) is 0 Å². The molecule has 0 aliphatic heterocycles. The molecule has 1 N–H and O–H groups in total. The van der Waals surface area contributed by atoms with Gasteiger partial charge in [-0.1, -0.05) is 17.3 Å². The molecule has 142 valence electrons. The zero-order valence-electron chi connectivity index (χ0n) is 15.1. The fourth-order valence-corrected chi connectivity index (χ4v) is 3.69. The maximum absolute atomic E-state index is 12.5. The number of rotatable bonds is 7. The lowest BCUT2D eigenvalue weighted by molar-refractivity contribution is 0.376. The molecule has 0 aliphatic rings. The van der Waals surface area contributed by atoms with Crippen LogP contribution in [0.25, 0.3) is 11.4 Å². The summed E-state index contributed by atoms with van der Waals surface area (Å²) in [7, 11) is -0.643. The molecule has 0 fully saturated rings. The average Bonchev–Trinajstić information content (AvgIpc) is 3.15. The number of aryl methyl sites for hydroxylation is 1. The van der Waals surface area contributed by atoms with Gasteiger partial charge in [0.25, 0.3) is 0 Å². The van der Waals surface area contributed by atoms with Gasteiger partial charge in [-0.3, -0.25) is 0 Å². The van der Waals surface area contributed by atoms with Gasteiger partial charge in [0, 0.05) is 5.56 Å². The van der Waals surface area contributed by atoms with Crippen molar-refractivity contribution in [2.75, 3.05) is 14.2 Å². The molecule has 0 atom stereocenters. The Bertz CT molecular complexity index is 1050. The van der Waals surface area contributed by atoms with Crippen molar-refractivity contribution in [3.05, 3.63) is 53.9 Å². The van der Waals surface area contributed by atoms with E-state index in [-0.39, 0.29) is 17.3 Å². The van der Waals surface area contributed by atoms with Gasteiger partial charge in [0.05, 0.1) is 25.7 Å². The summed E-state index contributed by atoms with van der Waals surface area (Å²) in [5, 5.41) is 3.88. The summed E-state index contributed by atoms with van der Waals surface area (Å²) in [5.74, 6) is 1.76. The molecule has 0 unspecified atom stereocenters. The highest BCUT2D eigenvalue weighted by atomic mass is 32.2. The Labute approximate surface area is 157 Å². The first kappa shape index (κ1) is 18.9. The first-order chi connectivity index (χ1) is 12.9. The minimum absolute atomic E-state index is 0.120. The lowest BCUT2D eigenvalue weighted by atomic mass is 10.2. The smallest absolute Gasteiger partial charge is 0.242 e. The van der Waals surface area contributed by atoms with Crippen molar-refractivity contribution in [2.45, 2.75) is 18.4 Å². The molecular formula is C18H19N3O5S. The number of benzene rings is 2. The second kappa shape index (κ2) is 7.77. The highest BCUT2D eigenvalue weighted by Gasteiger charge is 2.19. The maximum Gasteiger partial charge on any atom is 0.242 e. The van der Waals surface area contributed by atoms with E-state index in [0.717, 1.165) is 0 Å². The lowest BCUT2D eigenvalue weighted by Crippen LogP contribution is -2.24. The van der Waals surface area contributed by atoms with Crippen LogP contribution < -0.4 is 14.2 Å². The van der Waals surface area contributed by atoms with Gasteiger partial charge in [0.2, 0.25) is 21.7 Å². The van der Waals surface area contributed by atoms with E-state index >= 15 is 0 Å². The van der Waals surface area contributed by atoms with Crippen molar-refractivity contribution >= 4 is 10.0 Å². The lowest BCUT2D eigenvalue weighted by Gasteiger charge is -2.09. The first-order valence-corrected chi connectivity index (χ1v) is 9.52. The van der Waals surface area contributed by atoms with Crippen LogP contribution in [0.4, 0.5) is 0 Å². The molecule has 3 aromatic rings. The predicted octanol–water partition coefficient (Wildman–Crippen LogP) is 2.54. The Kier molecular flexibility index (Phi) is 5.43. The fourth-order valence-electron chi connectivity index (χ4n) is 2.49. The zero-order valence-corrected chi connectivity index (χ0v) is 15.9. The summed E-state index contributed by atoms with van der Waals surface area (Å²) in [6.45, 7) is 1.58. The van der Waals surface area contributed by atoms with E-state index in [9.17, 15) is 8.42 Å². The Hall–Kier alpha value is -2.91. The quantitative estimate of drug-likeness (QED) is 0.662. The number of nitrogens with one attached hydrogen (secondary N) is 1. The van der Waals surface area contributed by atoms with E-state index in [1.54, 1.807) is 44.4 Å². The van der Waals surface area contributed by atoms with Crippen LogP contribution >= 0.6 is 0 Å². The molecule has 2 aromatic carbocycles. The highest BCUT2D eigenvalue weighted by Crippen LogP contribution is 2.22. The molecule has 1 aromatic heterocycles. The maximum atomic E-state index is 12.5. The van der Waals surface area contributed by atoms with Crippen LogP contribution in [-0.2, 0) is 16.6 Å². The van der Waals surface area contributed by atoms with Crippen LogP contribution in [0.3, 0.4) is 0 Å². The molecule has 0 saturated carbocycles. The topological polar surface area (TPSA) is 104 Å². The summed E-state index contributed by atoms with van der Waals surface area (Å²) in [5.41, 5.74) is 1.28. The number of hydrogen-bond donors (Lipinski definition) is 1. The Morgan fingerprint density at radius 2 is 1.81 bits per heavy atom. The molecule has 9 heteroatoms. The molecule has 0 bridgehead atoms. The second-order valence-electron chi connectivity index (χ2n) is 5.70. The van der Waals surface area contributed by atoms with E-state index in [1.165, 1.54) is 13.2 Å². The number of aromatic nitrogens is 2. The van der Waals surface area contributed by atoms with Crippen LogP contribution in [0.15, 0.2) is 51.9 Å². The normalized spacial score (nSPS) is 11.4. The summed E-state index contributed by atoms with van der Waals surface area (Å²) >= 11 is 0. The molecule has 3 rings (SSSR count). The van der Waals surface area contributed by atoms with E-state index in [4.69, 9.17) is 14.0 Å².